The van der Waals surface area contributed by atoms with Gasteiger partial charge >= 0.3 is 5.97 Å². The lowest BCUT2D eigenvalue weighted by Crippen LogP contribution is -2.17. The van der Waals surface area contributed by atoms with Crippen LogP contribution in [-0.4, -0.2) is 12.6 Å². The van der Waals surface area contributed by atoms with Crippen LogP contribution >= 0.6 is 0 Å². The van der Waals surface area contributed by atoms with Crippen molar-refractivity contribution in [3.8, 4) is 11.5 Å². The summed E-state index contributed by atoms with van der Waals surface area (Å²) in [6.07, 6.45) is 0. The highest BCUT2D eigenvalue weighted by Gasteiger charge is 2.09. The van der Waals surface area contributed by atoms with Gasteiger partial charge in [0.15, 0.2) is 6.61 Å². The van der Waals surface area contributed by atoms with Crippen molar-refractivity contribution in [2.75, 3.05) is 6.61 Å². The van der Waals surface area contributed by atoms with Gasteiger partial charge < -0.3 is 9.47 Å². The molecule has 0 saturated heterocycles. The molecule has 3 aromatic rings. The molecule has 3 nitrogen and oxygen atoms in total. The van der Waals surface area contributed by atoms with Gasteiger partial charge in [0.05, 0.1) is 0 Å². The van der Waals surface area contributed by atoms with Gasteiger partial charge in [-0.3, -0.25) is 0 Å². The van der Waals surface area contributed by atoms with Crippen LogP contribution in [0.25, 0.3) is 10.8 Å². The summed E-state index contributed by atoms with van der Waals surface area (Å²) in [6.45, 7) is -0.241. The Balaban J connectivity index is 1.67. The molecule has 0 unspecified atom stereocenters. The standard InChI is InChI=1S/C18H13FO3/c19-14-8-10-15(11-9-14)21-12-18(20)22-17-7-3-5-13-4-1-2-6-16(13)17/h1-11H,12H2. The highest BCUT2D eigenvalue weighted by Crippen LogP contribution is 2.25. The van der Waals surface area contributed by atoms with Crippen molar-refractivity contribution in [2.24, 2.45) is 0 Å². The van der Waals surface area contributed by atoms with Crippen LogP contribution in [0, 0.1) is 5.82 Å². The number of ether oxygens (including phenoxy) is 2. The van der Waals surface area contributed by atoms with Crippen LogP contribution in [-0.2, 0) is 4.79 Å². The second kappa shape index (κ2) is 6.26. The monoisotopic (exact) mass is 296 g/mol. The molecule has 22 heavy (non-hydrogen) atoms. The summed E-state index contributed by atoms with van der Waals surface area (Å²) >= 11 is 0. The number of esters is 1. The molecule has 3 aromatic carbocycles. The highest BCUT2D eigenvalue weighted by atomic mass is 19.1. The Labute approximate surface area is 126 Å². The minimum Gasteiger partial charge on any atom is -0.482 e. The van der Waals surface area contributed by atoms with Crippen LogP contribution < -0.4 is 9.47 Å². The van der Waals surface area contributed by atoms with E-state index in [1.54, 1.807) is 6.07 Å². The lowest BCUT2D eigenvalue weighted by atomic mass is 10.1. The second-order valence-corrected chi connectivity index (χ2v) is 4.69. The molecule has 4 heteroatoms. The number of carbonyl (C=O) groups excluding carboxylic acids is 1. The van der Waals surface area contributed by atoms with E-state index in [4.69, 9.17) is 9.47 Å². The third-order valence-electron chi connectivity index (χ3n) is 3.14. The average Bonchev–Trinajstić information content (AvgIpc) is 2.55. The Morgan fingerprint density at radius 3 is 2.45 bits per heavy atom. The molecule has 0 spiro atoms. The largest absolute Gasteiger partial charge is 0.482 e. The third-order valence-corrected chi connectivity index (χ3v) is 3.14. The molecule has 0 fully saturated rings. The van der Waals surface area contributed by atoms with Crippen molar-refractivity contribution in [2.45, 2.75) is 0 Å². The second-order valence-electron chi connectivity index (χ2n) is 4.69. The van der Waals surface area contributed by atoms with E-state index < -0.39 is 5.97 Å². The Bertz CT molecular complexity index is 792. The van der Waals surface area contributed by atoms with E-state index in [9.17, 15) is 9.18 Å². The van der Waals surface area contributed by atoms with Crippen molar-refractivity contribution in [3.05, 3.63) is 72.5 Å². The lowest BCUT2D eigenvalue weighted by molar-refractivity contribution is -0.136. The van der Waals surface area contributed by atoms with Gasteiger partial charge in [-0.1, -0.05) is 36.4 Å². The summed E-state index contributed by atoms with van der Waals surface area (Å²) in [5.41, 5.74) is 0. The Kier molecular flexibility index (Phi) is 4.01. The predicted molar refractivity (Wildman–Crippen MR) is 81.5 cm³/mol. The topological polar surface area (TPSA) is 35.5 Å². The molecule has 0 bridgehead atoms. The first kappa shape index (κ1) is 14.1. The molecule has 0 amide bonds. The van der Waals surface area contributed by atoms with Crippen LogP contribution in [0.1, 0.15) is 0 Å². The smallest absolute Gasteiger partial charge is 0.349 e. The number of hydrogen-bond acceptors (Lipinski definition) is 3. The average molecular weight is 296 g/mol. The predicted octanol–water partition coefficient (Wildman–Crippen LogP) is 3.96. The van der Waals surface area contributed by atoms with Crippen molar-refractivity contribution in [3.63, 3.8) is 0 Å². The molecule has 3 rings (SSSR count). The first-order chi connectivity index (χ1) is 10.7. The Hall–Kier alpha value is -2.88. The molecule has 0 radical (unpaired) electrons. The van der Waals surface area contributed by atoms with Gasteiger partial charge in [0.25, 0.3) is 0 Å². The molecule has 0 heterocycles. The van der Waals surface area contributed by atoms with Crippen LogP contribution in [0.5, 0.6) is 11.5 Å². The summed E-state index contributed by atoms with van der Waals surface area (Å²) in [4.78, 5) is 11.9. The zero-order chi connectivity index (χ0) is 15.4. The van der Waals surface area contributed by atoms with E-state index in [2.05, 4.69) is 0 Å². The number of fused-ring (bicyclic) bond motifs is 1. The minimum atomic E-state index is -0.513. The summed E-state index contributed by atoms with van der Waals surface area (Å²) < 4.78 is 23.4. The zero-order valence-corrected chi connectivity index (χ0v) is 11.7. The maximum atomic E-state index is 12.8. The molecule has 0 atom stereocenters. The van der Waals surface area contributed by atoms with E-state index in [0.717, 1.165) is 10.8 Å². The number of hydrogen-bond donors (Lipinski definition) is 0. The maximum Gasteiger partial charge on any atom is 0.349 e. The molecular formula is C18H13FO3. The van der Waals surface area contributed by atoms with Gasteiger partial charge in [-0.2, -0.15) is 0 Å². The maximum absolute atomic E-state index is 12.8. The Morgan fingerprint density at radius 2 is 1.64 bits per heavy atom. The number of rotatable bonds is 4. The lowest BCUT2D eigenvalue weighted by Gasteiger charge is -2.09. The summed E-state index contributed by atoms with van der Waals surface area (Å²) in [6, 6.07) is 18.6. The van der Waals surface area contributed by atoms with Crippen LogP contribution in [0.15, 0.2) is 66.7 Å². The van der Waals surface area contributed by atoms with Crippen molar-refractivity contribution < 1.29 is 18.7 Å². The van der Waals surface area contributed by atoms with Gasteiger partial charge in [-0.05, 0) is 35.7 Å². The van der Waals surface area contributed by atoms with Gasteiger partial charge in [-0.25, -0.2) is 9.18 Å². The van der Waals surface area contributed by atoms with Crippen molar-refractivity contribution >= 4 is 16.7 Å². The third kappa shape index (κ3) is 3.23. The van der Waals surface area contributed by atoms with Crippen LogP contribution in [0.2, 0.25) is 0 Å². The number of carbonyl (C=O) groups is 1. The first-order valence-electron chi connectivity index (χ1n) is 6.79. The van der Waals surface area contributed by atoms with Gasteiger partial charge in [0, 0.05) is 5.39 Å². The minimum absolute atomic E-state index is 0.241. The van der Waals surface area contributed by atoms with E-state index in [0.29, 0.717) is 11.5 Å². The quantitative estimate of drug-likeness (QED) is 0.540. The summed E-state index contributed by atoms with van der Waals surface area (Å²) in [5.74, 6) is 0.0356. The highest BCUT2D eigenvalue weighted by molar-refractivity contribution is 5.90. The molecule has 0 saturated carbocycles. The SMILES string of the molecule is O=C(COc1ccc(F)cc1)Oc1cccc2ccccc12. The fourth-order valence-electron chi connectivity index (χ4n) is 2.11. The van der Waals surface area contributed by atoms with Crippen molar-refractivity contribution in [1.82, 2.24) is 0 Å². The molecule has 110 valence electrons. The molecule has 0 aromatic heterocycles. The van der Waals surface area contributed by atoms with E-state index in [-0.39, 0.29) is 12.4 Å². The zero-order valence-electron chi connectivity index (χ0n) is 11.7. The fourth-order valence-corrected chi connectivity index (χ4v) is 2.11. The summed E-state index contributed by atoms with van der Waals surface area (Å²) in [5, 5.41) is 1.85. The van der Waals surface area contributed by atoms with E-state index in [1.807, 2.05) is 36.4 Å². The van der Waals surface area contributed by atoms with Gasteiger partial charge in [0.1, 0.15) is 17.3 Å². The van der Waals surface area contributed by atoms with Gasteiger partial charge in [0.2, 0.25) is 0 Å². The molecular weight excluding hydrogens is 283 g/mol. The molecule has 0 aliphatic carbocycles. The number of benzene rings is 3. The first-order valence-corrected chi connectivity index (χ1v) is 6.79. The normalized spacial score (nSPS) is 10.4. The van der Waals surface area contributed by atoms with Crippen LogP contribution in [0.3, 0.4) is 0 Å². The molecule has 0 aliphatic heterocycles. The van der Waals surface area contributed by atoms with E-state index in [1.165, 1.54) is 24.3 Å². The fraction of sp³-hybridized carbons (Fsp3) is 0.0556. The number of halogens is 1. The van der Waals surface area contributed by atoms with Crippen molar-refractivity contribution in [1.29, 1.82) is 0 Å². The summed E-state index contributed by atoms with van der Waals surface area (Å²) in [7, 11) is 0. The Morgan fingerprint density at radius 1 is 0.909 bits per heavy atom. The van der Waals surface area contributed by atoms with E-state index >= 15 is 0 Å². The van der Waals surface area contributed by atoms with Crippen LogP contribution in [0.4, 0.5) is 4.39 Å². The van der Waals surface area contributed by atoms with Gasteiger partial charge in [-0.15, -0.1) is 0 Å². The molecule has 0 N–H and O–H groups in total. The molecule has 0 aliphatic rings.